The van der Waals surface area contributed by atoms with E-state index in [0.29, 0.717) is 0 Å². The standard InChI is InChI=1S/C5H4N2/c1-3-5(4-6)7-2/h3H,1H3/b5-3-. The summed E-state index contributed by atoms with van der Waals surface area (Å²) in [5.74, 6) is 0. The summed E-state index contributed by atoms with van der Waals surface area (Å²) in [4.78, 5) is 2.88. The molecule has 0 fully saturated rings. The second kappa shape index (κ2) is 2.93. The van der Waals surface area contributed by atoms with E-state index in [1.807, 2.05) is 0 Å². The zero-order valence-corrected chi connectivity index (χ0v) is 3.97. The average Bonchev–Trinajstić information content (AvgIpc) is 1.72. The lowest BCUT2D eigenvalue weighted by atomic mass is 10.5. The number of allylic oxidation sites excluding steroid dienone is 2. The maximum absolute atomic E-state index is 7.99. The molecule has 0 amide bonds. The van der Waals surface area contributed by atoms with Gasteiger partial charge < -0.3 is 0 Å². The molecular formula is C5H4N2. The third-order valence-electron chi connectivity index (χ3n) is 0.508. The molecule has 0 atom stereocenters. The van der Waals surface area contributed by atoms with E-state index in [4.69, 9.17) is 11.8 Å². The summed E-state index contributed by atoms with van der Waals surface area (Å²) >= 11 is 0. The van der Waals surface area contributed by atoms with Crippen molar-refractivity contribution in [3.63, 3.8) is 0 Å². The van der Waals surface area contributed by atoms with Crippen LogP contribution in [0, 0.1) is 17.9 Å². The molecule has 0 aromatic heterocycles. The molecule has 0 saturated carbocycles. The number of nitriles is 1. The van der Waals surface area contributed by atoms with Crippen LogP contribution in [0.15, 0.2) is 11.8 Å². The predicted octanol–water partition coefficient (Wildman–Crippen LogP) is 1.33. The lowest BCUT2D eigenvalue weighted by molar-refractivity contribution is 1.48. The second-order valence-electron chi connectivity index (χ2n) is 0.898. The number of hydrogen-bond donors (Lipinski definition) is 0. The first-order valence-electron chi connectivity index (χ1n) is 1.79. The molecule has 0 radical (unpaired) electrons. The normalized spacial score (nSPS) is 9.29. The summed E-state index contributed by atoms with van der Waals surface area (Å²) < 4.78 is 0. The fourth-order valence-corrected chi connectivity index (χ4v) is 0.154. The fraction of sp³-hybridized carbons (Fsp3) is 0.200. The van der Waals surface area contributed by atoms with Gasteiger partial charge in [0.25, 0.3) is 5.70 Å². The van der Waals surface area contributed by atoms with E-state index >= 15 is 0 Å². The van der Waals surface area contributed by atoms with E-state index in [-0.39, 0.29) is 5.70 Å². The summed E-state index contributed by atoms with van der Waals surface area (Å²) in [6.45, 7) is 7.96. The van der Waals surface area contributed by atoms with Gasteiger partial charge in [-0.1, -0.05) is 13.0 Å². The van der Waals surface area contributed by atoms with Crippen molar-refractivity contribution >= 4 is 0 Å². The first kappa shape index (κ1) is 5.72. The van der Waals surface area contributed by atoms with E-state index in [2.05, 4.69) is 4.85 Å². The molecule has 0 saturated heterocycles. The molecule has 0 spiro atoms. The molecule has 7 heavy (non-hydrogen) atoms. The molecule has 0 aliphatic heterocycles. The highest BCUT2D eigenvalue weighted by molar-refractivity contribution is 5.25. The van der Waals surface area contributed by atoms with Crippen LogP contribution in [0.5, 0.6) is 0 Å². The van der Waals surface area contributed by atoms with Gasteiger partial charge in [-0.15, -0.1) is 0 Å². The van der Waals surface area contributed by atoms with Gasteiger partial charge in [0.15, 0.2) is 0 Å². The third kappa shape index (κ3) is 1.57. The van der Waals surface area contributed by atoms with Crippen molar-refractivity contribution in [1.29, 1.82) is 5.26 Å². The van der Waals surface area contributed by atoms with Crippen LogP contribution in [0.1, 0.15) is 6.92 Å². The summed E-state index contributed by atoms with van der Waals surface area (Å²) in [5, 5.41) is 7.99. The second-order valence-corrected chi connectivity index (χ2v) is 0.898. The highest BCUT2D eigenvalue weighted by atomic mass is 14.6. The molecular weight excluding hydrogens is 88.1 g/mol. The van der Waals surface area contributed by atoms with Crippen LogP contribution in [-0.2, 0) is 0 Å². The molecule has 0 aromatic rings. The smallest absolute Gasteiger partial charge is 0.227 e. The zero-order chi connectivity index (χ0) is 5.70. The largest absolute Gasteiger partial charge is 0.257 e. The van der Waals surface area contributed by atoms with Gasteiger partial charge in [0, 0.05) is 0 Å². The van der Waals surface area contributed by atoms with Crippen molar-refractivity contribution < 1.29 is 0 Å². The minimum atomic E-state index is 0.153. The Labute approximate surface area is 42.5 Å². The van der Waals surface area contributed by atoms with Gasteiger partial charge in [-0.25, -0.2) is 10.1 Å². The Morgan fingerprint density at radius 2 is 2.57 bits per heavy atom. The van der Waals surface area contributed by atoms with E-state index < -0.39 is 0 Å². The maximum Gasteiger partial charge on any atom is 0.257 e. The van der Waals surface area contributed by atoms with E-state index in [1.54, 1.807) is 13.0 Å². The van der Waals surface area contributed by atoms with Gasteiger partial charge in [0.1, 0.15) is 0 Å². The van der Waals surface area contributed by atoms with Crippen LogP contribution < -0.4 is 0 Å². The van der Waals surface area contributed by atoms with Crippen molar-refractivity contribution in [2.75, 3.05) is 0 Å². The third-order valence-corrected chi connectivity index (χ3v) is 0.508. The van der Waals surface area contributed by atoms with Crippen LogP contribution in [-0.4, -0.2) is 0 Å². The molecule has 0 N–H and O–H groups in total. The predicted molar refractivity (Wildman–Crippen MR) is 26.0 cm³/mol. The Morgan fingerprint density at radius 3 is 2.57 bits per heavy atom. The molecule has 0 aromatic carbocycles. The van der Waals surface area contributed by atoms with Crippen molar-refractivity contribution in [2.45, 2.75) is 6.92 Å². The number of rotatable bonds is 0. The van der Waals surface area contributed by atoms with Crippen LogP contribution in [0.4, 0.5) is 0 Å². The summed E-state index contributed by atoms with van der Waals surface area (Å²) in [6.07, 6.45) is 1.48. The van der Waals surface area contributed by atoms with Crippen LogP contribution in [0.3, 0.4) is 0 Å². The van der Waals surface area contributed by atoms with E-state index in [0.717, 1.165) is 0 Å². The Kier molecular flexibility index (Phi) is 2.40. The Hall–Kier alpha value is -1.28. The molecule has 0 bridgehead atoms. The molecule has 0 aliphatic carbocycles. The Bertz CT molecular complexity index is 138. The van der Waals surface area contributed by atoms with Gasteiger partial charge in [0.05, 0.1) is 12.6 Å². The van der Waals surface area contributed by atoms with Gasteiger partial charge in [-0.05, 0) is 0 Å². The van der Waals surface area contributed by atoms with Crippen molar-refractivity contribution in [2.24, 2.45) is 0 Å². The molecule has 2 nitrogen and oxygen atoms in total. The first-order valence-corrected chi connectivity index (χ1v) is 1.79. The molecule has 0 heterocycles. The SMILES string of the molecule is [C-]#[N+]/C(C#N)=C\C. The van der Waals surface area contributed by atoms with Crippen LogP contribution in [0.25, 0.3) is 4.85 Å². The lowest BCUT2D eigenvalue weighted by Gasteiger charge is -1.68. The first-order chi connectivity index (χ1) is 3.35. The van der Waals surface area contributed by atoms with Crippen molar-refractivity contribution in [3.05, 3.63) is 23.2 Å². The average molecular weight is 92.1 g/mol. The van der Waals surface area contributed by atoms with E-state index in [9.17, 15) is 0 Å². The highest BCUT2D eigenvalue weighted by Gasteiger charge is 1.81. The van der Waals surface area contributed by atoms with Gasteiger partial charge in [-0.2, -0.15) is 0 Å². The Balaban J connectivity index is 4.03. The van der Waals surface area contributed by atoms with Gasteiger partial charge >= 0.3 is 0 Å². The molecule has 0 aliphatic rings. The lowest BCUT2D eigenvalue weighted by Crippen LogP contribution is -1.59. The summed E-state index contributed by atoms with van der Waals surface area (Å²) in [6, 6.07) is 1.71. The number of nitrogens with zero attached hydrogens (tertiary/aromatic N) is 2. The van der Waals surface area contributed by atoms with Crippen molar-refractivity contribution in [1.82, 2.24) is 0 Å². The molecule has 34 valence electrons. The van der Waals surface area contributed by atoms with Crippen LogP contribution >= 0.6 is 0 Å². The zero-order valence-electron chi connectivity index (χ0n) is 3.97. The monoisotopic (exact) mass is 92.0 g/mol. The maximum atomic E-state index is 7.99. The number of hydrogen-bond acceptors (Lipinski definition) is 1. The van der Waals surface area contributed by atoms with Gasteiger partial charge in [0.2, 0.25) is 0 Å². The molecule has 2 heteroatoms. The molecule has 0 unspecified atom stereocenters. The summed E-state index contributed by atoms with van der Waals surface area (Å²) in [5.41, 5.74) is 0.153. The Morgan fingerprint density at radius 1 is 2.00 bits per heavy atom. The minimum absolute atomic E-state index is 0.153. The molecule has 0 rings (SSSR count). The van der Waals surface area contributed by atoms with Crippen molar-refractivity contribution in [3.8, 4) is 6.07 Å². The minimum Gasteiger partial charge on any atom is -0.227 e. The summed E-state index contributed by atoms with van der Waals surface area (Å²) in [7, 11) is 0. The fourth-order valence-electron chi connectivity index (χ4n) is 0.154. The van der Waals surface area contributed by atoms with Gasteiger partial charge in [-0.3, -0.25) is 0 Å². The highest BCUT2D eigenvalue weighted by Crippen LogP contribution is 1.89. The van der Waals surface area contributed by atoms with Crippen LogP contribution in [0.2, 0.25) is 0 Å². The topological polar surface area (TPSA) is 28.1 Å². The quantitative estimate of drug-likeness (QED) is 0.327. The van der Waals surface area contributed by atoms with E-state index in [1.165, 1.54) is 6.08 Å².